The second-order valence-corrected chi connectivity index (χ2v) is 8.70. The van der Waals surface area contributed by atoms with Gasteiger partial charge in [-0.15, -0.1) is 0 Å². The number of alkyl halides is 3. The molecule has 14 heteroatoms. The van der Waals surface area contributed by atoms with E-state index in [2.05, 4.69) is 31.2 Å². The molecule has 0 aliphatic carbocycles. The first kappa shape index (κ1) is 27.7. The van der Waals surface area contributed by atoms with Crippen molar-refractivity contribution < 1.29 is 36.3 Å². The van der Waals surface area contributed by atoms with Crippen LogP contribution in [0.2, 0.25) is 0 Å². The predicted molar refractivity (Wildman–Crippen MR) is 130 cm³/mol. The van der Waals surface area contributed by atoms with Crippen molar-refractivity contribution in [3.63, 3.8) is 0 Å². The largest absolute Gasteiger partial charge is 0.418 e. The van der Waals surface area contributed by atoms with Crippen molar-refractivity contribution in [2.45, 2.75) is 24.7 Å². The van der Waals surface area contributed by atoms with E-state index in [-0.39, 0.29) is 43.1 Å². The zero-order valence-corrected chi connectivity index (χ0v) is 20.5. The molecule has 0 saturated carbocycles. The van der Waals surface area contributed by atoms with Gasteiger partial charge in [0.25, 0.3) is 5.91 Å². The molecule has 0 bridgehead atoms. The van der Waals surface area contributed by atoms with Crippen molar-refractivity contribution in [3.8, 4) is 0 Å². The van der Waals surface area contributed by atoms with Gasteiger partial charge in [-0.2, -0.15) is 13.2 Å². The van der Waals surface area contributed by atoms with E-state index in [1.807, 2.05) is 0 Å². The average molecular weight is 550 g/mol. The SMILES string of the molecule is CNc1cncc(C(=O)NC2(C(=O)NCc3ncc(Nc4ccc(F)cc4C(F)(F)F)cc3F)CCOC2)c1. The molecule has 2 amide bonds. The van der Waals surface area contributed by atoms with Crippen LogP contribution in [0.25, 0.3) is 0 Å². The molecule has 0 radical (unpaired) electrons. The van der Waals surface area contributed by atoms with Gasteiger partial charge in [-0.3, -0.25) is 19.6 Å². The number of halogens is 5. The van der Waals surface area contributed by atoms with Crippen molar-refractivity contribution in [2.75, 3.05) is 30.9 Å². The van der Waals surface area contributed by atoms with Crippen LogP contribution in [0.3, 0.4) is 0 Å². The van der Waals surface area contributed by atoms with E-state index in [0.29, 0.717) is 11.8 Å². The molecule has 1 aliphatic rings. The zero-order chi connectivity index (χ0) is 28.2. The summed E-state index contributed by atoms with van der Waals surface area (Å²) in [5.74, 6) is -3.17. The highest BCUT2D eigenvalue weighted by atomic mass is 19.4. The van der Waals surface area contributed by atoms with Gasteiger partial charge < -0.3 is 26.0 Å². The number of amides is 2. The van der Waals surface area contributed by atoms with Gasteiger partial charge in [0.1, 0.15) is 17.2 Å². The molecule has 9 nitrogen and oxygen atoms in total. The summed E-state index contributed by atoms with van der Waals surface area (Å²) in [6, 6.07) is 4.50. The number of pyridine rings is 2. The van der Waals surface area contributed by atoms with Crippen molar-refractivity contribution in [2.24, 2.45) is 0 Å². The third-order valence-corrected chi connectivity index (χ3v) is 6.00. The number of nitrogens with zero attached hydrogens (tertiary/aromatic N) is 2. The van der Waals surface area contributed by atoms with Crippen LogP contribution < -0.4 is 21.3 Å². The molecule has 1 fully saturated rings. The number of rotatable bonds is 8. The fourth-order valence-corrected chi connectivity index (χ4v) is 3.90. The van der Waals surface area contributed by atoms with Crippen LogP contribution in [0.1, 0.15) is 28.0 Å². The Morgan fingerprint density at radius 3 is 2.54 bits per heavy atom. The first-order chi connectivity index (χ1) is 18.5. The molecular formula is C25H23F5N6O3. The number of hydrogen-bond acceptors (Lipinski definition) is 7. The van der Waals surface area contributed by atoms with E-state index in [0.717, 1.165) is 24.4 Å². The molecule has 3 heterocycles. The number of benzene rings is 1. The zero-order valence-electron chi connectivity index (χ0n) is 20.5. The molecular weight excluding hydrogens is 527 g/mol. The van der Waals surface area contributed by atoms with E-state index in [1.54, 1.807) is 13.1 Å². The van der Waals surface area contributed by atoms with Gasteiger partial charge in [-0.25, -0.2) is 8.78 Å². The van der Waals surface area contributed by atoms with Crippen LogP contribution in [0.5, 0.6) is 0 Å². The van der Waals surface area contributed by atoms with Gasteiger partial charge in [0.05, 0.1) is 53.2 Å². The average Bonchev–Trinajstić information content (AvgIpc) is 3.38. The Labute approximate surface area is 219 Å². The maximum Gasteiger partial charge on any atom is 0.418 e. The van der Waals surface area contributed by atoms with Crippen LogP contribution in [0.4, 0.5) is 39.0 Å². The van der Waals surface area contributed by atoms with Gasteiger partial charge in [0.2, 0.25) is 5.91 Å². The highest BCUT2D eigenvalue weighted by molar-refractivity contribution is 5.99. The minimum absolute atomic E-state index is 0.109. The predicted octanol–water partition coefficient (Wildman–Crippen LogP) is 3.76. The number of aromatic nitrogens is 2. The number of anilines is 3. The highest BCUT2D eigenvalue weighted by Crippen LogP contribution is 2.36. The number of carbonyl (C=O) groups excluding carboxylic acids is 2. The van der Waals surface area contributed by atoms with Gasteiger partial charge in [0.15, 0.2) is 0 Å². The monoisotopic (exact) mass is 550 g/mol. The Morgan fingerprint density at radius 2 is 1.87 bits per heavy atom. The quantitative estimate of drug-likeness (QED) is 0.316. The summed E-state index contributed by atoms with van der Waals surface area (Å²) >= 11 is 0. The Morgan fingerprint density at radius 1 is 1.08 bits per heavy atom. The summed E-state index contributed by atoms with van der Waals surface area (Å²) in [4.78, 5) is 33.8. The minimum Gasteiger partial charge on any atom is -0.387 e. The third kappa shape index (κ3) is 6.39. The van der Waals surface area contributed by atoms with Crippen LogP contribution in [0.15, 0.2) is 48.9 Å². The minimum atomic E-state index is -4.85. The lowest BCUT2D eigenvalue weighted by atomic mass is 9.96. The van der Waals surface area contributed by atoms with Gasteiger partial charge in [-0.05, 0) is 24.3 Å². The number of ether oxygens (including phenoxy) is 1. The summed E-state index contributed by atoms with van der Waals surface area (Å²) in [6.07, 6.45) is -0.735. The van der Waals surface area contributed by atoms with E-state index in [1.165, 1.54) is 12.4 Å². The van der Waals surface area contributed by atoms with E-state index in [4.69, 9.17) is 4.74 Å². The molecule has 2 aromatic heterocycles. The smallest absolute Gasteiger partial charge is 0.387 e. The Balaban J connectivity index is 1.44. The lowest BCUT2D eigenvalue weighted by molar-refractivity contribution is -0.137. The molecule has 0 spiro atoms. The van der Waals surface area contributed by atoms with Crippen LogP contribution in [-0.2, 0) is 22.3 Å². The van der Waals surface area contributed by atoms with Crippen molar-refractivity contribution in [1.29, 1.82) is 0 Å². The lowest BCUT2D eigenvalue weighted by Crippen LogP contribution is -2.59. The maximum atomic E-state index is 14.7. The third-order valence-electron chi connectivity index (χ3n) is 6.00. The molecule has 1 aliphatic heterocycles. The van der Waals surface area contributed by atoms with Crippen molar-refractivity contribution in [3.05, 3.63) is 77.4 Å². The molecule has 1 aromatic carbocycles. The van der Waals surface area contributed by atoms with Crippen molar-refractivity contribution in [1.82, 2.24) is 20.6 Å². The van der Waals surface area contributed by atoms with Gasteiger partial charge in [0, 0.05) is 38.5 Å². The lowest BCUT2D eigenvalue weighted by Gasteiger charge is -2.27. The fraction of sp³-hybridized carbons (Fsp3) is 0.280. The highest BCUT2D eigenvalue weighted by Gasteiger charge is 2.44. The molecule has 3 aromatic rings. The first-order valence-corrected chi connectivity index (χ1v) is 11.6. The number of carbonyl (C=O) groups is 2. The van der Waals surface area contributed by atoms with E-state index >= 15 is 0 Å². The Hall–Kier alpha value is -4.33. The second kappa shape index (κ2) is 11.2. The number of nitrogens with one attached hydrogen (secondary N) is 4. The molecule has 39 heavy (non-hydrogen) atoms. The Bertz CT molecular complexity index is 1380. The molecule has 1 atom stereocenters. The fourth-order valence-electron chi connectivity index (χ4n) is 3.90. The molecule has 206 valence electrons. The summed E-state index contributed by atoms with van der Waals surface area (Å²) in [5, 5.41) is 10.5. The van der Waals surface area contributed by atoms with Crippen LogP contribution >= 0.6 is 0 Å². The second-order valence-electron chi connectivity index (χ2n) is 8.70. The summed E-state index contributed by atoms with van der Waals surface area (Å²) < 4.78 is 73.1. The molecule has 4 N–H and O–H groups in total. The van der Waals surface area contributed by atoms with E-state index < -0.39 is 46.4 Å². The Kier molecular flexibility index (Phi) is 7.95. The molecule has 1 saturated heterocycles. The van der Waals surface area contributed by atoms with Gasteiger partial charge >= 0.3 is 6.18 Å². The van der Waals surface area contributed by atoms with Crippen LogP contribution in [-0.4, -0.2) is 47.6 Å². The summed E-state index contributed by atoms with van der Waals surface area (Å²) in [6.45, 7) is -0.274. The van der Waals surface area contributed by atoms with Gasteiger partial charge in [-0.1, -0.05) is 0 Å². The summed E-state index contributed by atoms with van der Waals surface area (Å²) in [5.41, 5.74) is -2.68. The first-order valence-electron chi connectivity index (χ1n) is 11.6. The topological polar surface area (TPSA) is 117 Å². The standard InChI is InChI=1S/C25H23F5N6O3/c1-31-16-6-14(9-32-10-16)22(37)36-24(4-5-39-13-24)23(38)34-12-21-19(27)8-17(11-33-21)35-20-3-2-15(26)7-18(20)25(28,29)30/h2-3,6-11,31,35H,4-5,12-13H2,1H3,(H,34,38)(H,36,37). The summed E-state index contributed by atoms with van der Waals surface area (Å²) in [7, 11) is 1.66. The van der Waals surface area contributed by atoms with E-state index in [9.17, 15) is 31.5 Å². The number of hydrogen-bond donors (Lipinski definition) is 4. The maximum absolute atomic E-state index is 14.7. The normalized spacial score (nSPS) is 17.0. The molecule has 4 rings (SSSR count). The van der Waals surface area contributed by atoms with Crippen LogP contribution in [0, 0.1) is 11.6 Å². The van der Waals surface area contributed by atoms with Crippen molar-refractivity contribution >= 4 is 28.9 Å². The molecule has 1 unspecified atom stereocenters.